The average Bonchev–Trinajstić information content (AvgIpc) is 2.87. The molecule has 1 aromatic carbocycles. The molecule has 1 saturated heterocycles. The third kappa shape index (κ3) is 3.37. The van der Waals surface area contributed by atoms with Gasteiger partial charge in [0.1, 0.15) is 11.5 Å². The second-order valence-corrected chi connectivity index (χ2v) is 6.94. The number of halogens is 1. The first-order valence-corrected chi connectivity index (χ1v) is 9.35. The third-order valence-electron chi connectivity index (χ3n) is 5.14. The Morgan fingerprint density at radius 2 is 1.59 bits per heavy atom. The van der Waals surface area contributed by atoms with Crippen molar-refractivity contribution in [3.8, 4) is 11.1 Å². The molecule has 138 valence electrons. The molecule has 1 aliphatic heterocycles. The molecule has 2 aromatic heterocycles. The van der Waals surface area contributed by atoms with Gasteiger partial charge >= 0.3 is 0 Å². The fraction of sp³-hybridized carbons (Fsp3) is 0.273. The molecule has 0 N–H and O–H groups in total. The lowest BCUT2D eigenvalue weighted by Crippen LogP contribution is -2.37. The summed E-state index contributed by atoms with van der Waals surface area (Å²) in [5, 5.41) is 0. The zero-order chi connectivity index (χ0) is 18.8. The van der Waals surface area contributed by atoms with Crippen molar-refractivity contribution in [1.82, 2.24) is 9.30 Å². The number of pyridine rings is 1. The molecule has 3 aromatic rings. The predicted molar refractivity (Wildman–Crippen MR) is 102 cm³/mol. The number of amides is 1. The highest BCUT2D eigenvalue weighted by atomic mass is 19.1. The van der Waals surface area contributed by atoms with Crippen molar-refractivity contribution in [3.63, 3.8) is 0 Å². The molecular weight excluding hydrogens is 343 g/mol. The number of fused-ring (bicyclic) bond motifs is 1. The number of benzene rings is 1. The second-order valence-electron chi connectivity index (χ2n) is 6.94. The molecule has 0 spiro atoms. The predicted octanol–water partition coefficient (Wildman–Crippen LogP) is 4.33. The smallest absolute Gasteiger partial charge is 0.296 e. The van der Waals surface area contributed by atoms with Crippen LogP contribution < -0.4 is 0 Å². The zero-order valence-corrected chi connectivity index (χ0v) is 15.0. The van der Waals surface area contributed by atoms with Gasteiger partial charge in [0.25, 0.3) is 11.7 Å². The summed E-state index contributed by atoms with van der Waals surface area (Å²) in [4.78, 5) is 27.8. The van der Waals surface area contributed by atoms with Crippen LogP contribution in [0, 0.1) is 5.82 Å². The number of carbonyl (C=O) groups is 2. The van der Waals surface area contributed by atoms with E-state index < -0.39 is 11.7 Å². The standard InChI is InChI=1S/C22H21FN2O2/c23-17-10-8-16(9-11-17)19-15-18-7-3-6-14-25(18)20(19)21(26)22(27)24-12-4-1-2-5-13-24/h3,6-11,14-15H,1-2,4-5,12-13H2. The van der Waals surface area contributed by atoms with E-state index in [2.05, 4.69) is 0 Å². The van der Waals surface area contributed by atoms with E-state index >= 15 is 0 Å². The summed E-state index contributed by atoms with van der Waals surface area (Å²) in [5.74, 6) is -1.30. The van der Waals surface area contributed by atoms with Crippen molar-refractivity contribution < 1.29 is 14.0 Å². The first-order chi connectivity index (χ1) is 13.1. The van der Waals surface area contributed by atoms with Crippen LogP contribution in [0.4, 0.5) is 4.39 Å². The maximum absolute atomic E-state index is 13.3. The maximum Gasteiger partial charge on any atom is 0.296 e. The third-order valence-corrected chi connectivity index (χ3v) is 5.14. The lowest BCUT2D eigenvalue weighted by Gasteiger charge is -2.19. The van der Waals surface area contributed by atoms with Gasteiger partial charge < -0.3 is 9.30 Å². The molecule has 27 heavy (non-hydrogen) atoms. The number of aromatic nitrogens is 1. The summed E-state index contributed by atoms with van der Waals surface area (Å²) in [7, 11) is 0. The molecule has 0 unspecified atom stereocenters. The van der Waals surface area contributed by atoms with Gasteiger partial charge in [0.15, 0.2) is 0 Å². The summed E-state index contributed by atoms with van der Waals surface area (Å²) in [6.45, 7) is 1.25. The lowest BCUT2D eigenvalue weighted by molar-refractivity contribution is -0.126. The Balaban J connectivity index is 1.79. The number of ketones is 1. The van der Waals surface area contributed by atoms with Gasteiger partial charge in [-0.2, -0.15) is 0 Å². The van der Waals surface area contributed by atoms with Crippen molar-refractivity contribution in [1.29, 1.82) is 0 Å². The normalized spacial score (nSPS) is 14.9. The Hall–Kier alpha value is -2.95. The number of carbonyl (C=O) groups excluding carboxylic acids is 2. The molecule has 4 nitrogen and oxygen atoms in total. The molecule has 3 heterocycles. The van der Waals surface area contributed by atoms with Crippen LogP contribution >= 0.6 is 0 Å². The number of likely N-dealkylation sites (tertiary alicyclic amines) is 1. The number of nitrogens with zero attached hydrogens (tertiary/aromatic N) is 2. The van der Waals surface area contributed by atoms with Crippen molar-refractivity contribution in [2.75, 3.05) is 13.1 Å². The van der Waals surface area contributed by atoms with E-state index in [9.17, 15) is 14.0 Å². The number of rotatable bonds is 3. The molecule has 1 fully saturated rings. The fourth-order valence-corrected chi connectivity index (χ4v) is 3.72. The first-order valence-electron chi connectivity index (χ1n) is 9.35. The van der Waals surface area contributed by atoms with Crippen LogP contribution in [0.25, 0.3) is 16.6 Å². The van der Waals surface area contributed by atoms with Gasteiger partial charge in [-0.3, -0.25) is 9.59 Å². The molecule has 5 heteroatoms. The Morgan fingerprint density at radius 3 is 2.30 bits per heavy atom. The summed E-state index contributed by atoms with van der Waals surface area (Å²) in [6, 6.07) is 13.5. The van der Waals surface area contributed by atoms with E-state index in [4.69, 9.17) is 0 Å². The van der Waals surface area contributed by atoms with Crippen LogP contribution in [0.15, 0.2) is 54.7 Å². The molecule has 0 saturated carbocycles. The Kier molecular flexibility index (Phi) is 4.75. The molecule has 1 amide bonds. The van der Waals surface area contributed by atoms with Crippen LogP contribution in [-0.2, 0) is 4.79 Å². The quantitative estimate of drug-likeness (QED) is 0.513. The van der Waals surface area contributed by atoms with Crippen LogP contribution in [0.3, 0.4) is 0 Å². The summed E-state index contributed by atoms with van der Waals surface area (Å²) < 4.78 is 15.1. The monoisotopic (exact) mass is 364 g/mol. The van der Waals surface area contributed by atoms with Gasteiger partial charge in [-0.1, -0.05) is 31.0 Å². The van der Waals surface area contributed by atoms with E-state index in [1.165, 1.54) is 12.1 Å². The summed E-state index contributed by atoms with van der Waals surface area (Å²) in [6.07, 6.45) is 5.82. The highest BCUT2D eigenvalue weighted by molar-refractivity contribution is 6.43. The number of hydrogen-bond donors (Lipinski definition) is 0. The van der Waals surface area contributed by atoms with Crippen LogP contribution in [-0.4, -0.2) is 34.1 Å². The topological polar surface area (TPSA) is 41.8 Å². The van der Waals surface area contributed by atoms with Gasteiger partial charge in [0.2, 0.25) is 0 Å². The van der Waals surface area contributed by atoms with Crippen LogP contribution in [0.1, 0.15) is 36.2 Å². The minimum Gasteiger partial charge on any atom is -0.336 e. The Morgan fingerprint density at radius 1 is 0.889 bits per heavy atom. The van der Waals surface area contributed by atoms with E-state index in [1.54, 1.807) is 27.6 Å². The fourth-order valence-electron chi connectivity index (χ4n) is 3.72. The molecule has 4 rings (SSSR count). The van der Waals surface area contributed by atoms with Gasteiger partial charge in [-0.25, -0.2) is 4.39 Å². The Labute approximate surface area is 157 Å². The summed E-state index contributed by atoms with van der Waals surface area (Å²) >= 11 is 0. The molecule has 0 bridgehead atoms. The zero-order valence-electron chi connectivity index (χ0n) is 15.0. The SMILES string of the molecule is O=C(C(=O)N1CCCCCC1)c1c(-c2ccc(F)cc2)cc2ccccn12. The van der Waals surface area contributed by atoms with Crippen LogP contribution in [0.5, 0.6) is 0 Å². The highest BCUT2D eigenvalue weighted by Crippen LogP contribution is 2.29. The van der Waals surface area contributed by atoms with E-state index in [0.717, 1.165) is 31.2 Å². The van der Waals surface area contributed by atoms with Crippen LogP contribution in [0.2, 0.25) is 0 Å². The highest BCUT2D eigenvalue weighted by Gasteiger charge is 2.28. The molecule has 1 aliphatic rings. The Bertz CT molecular complexity index is 983. The first kappa shape index (κ1) is 17.5. The van der Waals surface area contributed by atoms with E-state index in [0.29, 0.717) is 29.9 Å². The lowest BCUT2D eigenvalue weighted by atomic mass is 10.0. The minimum atomic E-state index is -0.512. The van der Waals surface area contributed by atoms with Crippen molar-refractivity contribution >= 4 is 17.2 Å². The second kappa shape index (κ2) is 7.35. The number of Topliss-reactive ketones (excluding diaryl/α,β-unsaturated/α-hetero) is 1. The summed E-state index contributed by atoms with van der Waals surface area (Å²) in [5.41, 5.74) is 2.52. The molecule has 0 atom stereocenters. The molecule has 0 aliphatic carbocycles. The minimum absolute atomic E-state index is 0.337. The van der Waals surface area contributed by atoms with Crippen molar-refractivity contribution in [2.24, 2.45) is 0 Å². The van der Waals surface area contributed by atoms with Gasteiger partial charge in [0, 0.05) is 30.4 Å². The average molecular weight is 364 g/mol. The van der Waals surface area contributed by atoms with Gasteiger partial charge in [-0.05, 0) is 48.7 Å². The van der Waals surface area contributed by atoms with Crippen molar-refractivity contribution in [3.05, 3.63) is 66.2 Å². The van der Waals surface area contributed by atoms with Gasteiger partial charge in [-0.15, -0.1) is 0 Å². The maximum atomic E-state index is 13.3. The number of hydrogen-bond acceptors (Lipinski definition) is 2. The molecule has 0 radical (unpaired) electrons. The van der Waals surface area contributed by atoms with Crippen molar-refractivity contribution in [2.45, 2.75) is 25.7 Å². The largest absolute Gasteiger partial charge is 0.336 e. The van der Waals surface area contributed by atoms with E-state index in [1.807, 2.05) is 24.3 Å². The van der Waals surface area contributed by atoms with E-state index in [-0.39, 0.29) is 5.82 Å². The molecular formula is C22H21FN2O2. The van der Waals surface area contributed by atoms with Gasteiger partial charge in [0.05, 0.1) is 0 Å².